The molecule has 0 amide bonds. The molecule has 20 heavy (non-hydrogen) atoms. The Hall–Kier alpha value is -0.580. The first kappa shape index (κ1) is 15.8. The molecule has 0 heterocycles. The molecule has 2 rings (SSSR count). The molecule has 1 nitrogen and oxygen atoms in total. The Bertz CT molecular complexity index is 638. The first-order valence-electron chi connectivity index (χ1n) is 6.53. The minimum atomic E-state index is -0.640. The Morgan fingerprint density at radius 1 is 1.00 bits per heavy atom. The summed E-state index contributed by atoms with van der Waals surface area (Å²) in [5.74, 6) is 0. The molecular formula is C17H18ClIO. The molecule has 1 unspecified atom stereocenters. The van der Waals surface area contributed by atoms with E-state index in [0.717, 1.165) is 25.8 Å². The number of halogens is 2. The van der Waals surface area contributed by atoms with Crippen LogP contribution in [0, 0.1) is 31.3 Å². The second-order valence-corrected chi connectivity index (χ2v) is 6.84. The van der Waals surface area contributed by atoms with Gasteiger partial charge in [0.05, 0.1) is 0 Å². The average molecular weight is 401 g/mol. The molecule has 3 heteroatoms. The molecule has 0 aliphatic rings. The third kappa shape index (κ3) is 2.87. The van der Waals surface area contributed by atoms with Gasteiger partial charge in [0.2, 0.25) is 0 Å². The molecule has 0 aliphatic carbocycles. The predicted octanol–water partition coefficient (Wildman–Crippen LogP) is 5.26. The van der Waals surface area contributed by atoms with Gasteiger partial charge in [0.25, 0.3) is 0 Å². The highest BCUT2D eigenvalue weighted by molar-refractivity contribution is 14.1. The number of hydrogen-bond acceptors (Lipinski definition) is 1. The van der Waals surface area contributed by atoms with E-state index in [-0.39, 0.29) is 0 Å². The van der Waals surface area contributed by atoms with Gasteiger partial charge < -0.3 is 5.11 Å². The zero-order valence-electron chi connectivity index (χ0n) is 12.1. The van der Waals surface area contributed by atoms with Gasteiger partial charge in [-0.1, -0.05) is 17.7 Å². The van der Waals surface area contributed by atoms with Crippen molar-refractivity contribution in [2.24, 2.45) is 0 Å². The number of hydrogen-bond donors (Lipinski definition) is 1. The molecule has 0 aliphatic heterocycles. The van der Waals surface area contributed by atoms with Crippen LogP contribution in [-0.4, -0.2) is 5.11 Å². The van der Waals surface area contributed by atoms with Crippen LogP contribution in [0.5, 0.6) is 0 Å². The van der Waals surface area contributed by atoms with Crippen LogP contribution in [0.4, 0.5) is 0 Å². The summed E-state index contributed by atoms with van der Waals surface area (Å²) in [5, 5.41) is 11.5. The van der Waals surface area contributed by atoms with Crippen LogP contribution in [0.15, 0.2) is 24.3 Å². The fourth-order valence-electron chi connectivity index (χ4n) is 2.54. The smallest absolute Gasteiger partial charge is 0.106 e. The van der Waals surface area contributed by atoms with Crippen molar-refractivity contribution < 1.29 is 5.11 Å². The van der Waals surface area contributed by atoms with E-state index in [1.807, 2.05) is 18.2 Å². The second-order valence-electron chi connectivity index (χ2n) is 5.24. The van der Waals surface area contributed by atoms with Gasteiger partial charge in [-0.3, -0.25) is 0 Å². The van der Waals surface area contributed by atoms with Gasteiger partial charge in [0.1, 0.15) is 6.10 Å². The van der Waals surface area contributed by atoms with Crippen LogP contribution in [0.3, 0.4) is 0 Å². The molecule has 0 aromatic heterocycles. The Morgan fingerprint density at radius 3 is 2.10 bits per heavy atom. The van der Waals surface area contributed by atoms with Crippen molar-refractivity contribution in [1.29, 1.82) is 0 Å². The number of aryl methyl sites for hydroxylation is 2. The molecule has 106 valence electrons. The highest BCUT2D eigenvalue weighted by Gasteiger charge is 2.20. The van der Waals surface area contributed by atoms with Crippen molar-refractivity contribution in [2.45, 2.75) is 33.8 Å². The van der Waals surface area contributed by atoms with Gasteiger partial charge in [-0.15, -0.1) is 0 Å². The van der Waals surface area contributed by atoms with Gasteiger partial charge in [-0.05, 0) is 102 Å². The highest BCUT2D eigenvalue weighted by atomic mass is 127. The average Bonchev–Trinajstić information content (AvgIpc) is 2.39. The summed E-state index contributed by atoms with van der Waals surface area (Å²) in [4.78, 5) is 0. The SMILES string of the molecule is Cc1cc(C)c(C)c(C(O)c2cc(Cl)ccc2I)c1C. The largest absolute Gasteiger partial charge is 0.384 e. The maximum atomic E-state index is 10.8. The summed E-state index contributed by atoms with van der Waals surface area (Å²) >= 11 is 8.32. The predicted molar refractivity (Wildman–Crippen MR) is 93.6 cm³/mol. The van der Waals surface area contributed by atoms with Crippen LogP contribution in [0.1, 0.15) is 39.5 Å². The van der Waals surface area contributed by atoms with E-state index in [4.69, 9.17) is 11.6 Å². The summed E-state index contributed by atoms with van der Waals surface area (Å²) < 4.78 is 1.03. The standard InChI is InChI=1S/C17H18ClIO/c1-9-7-10(2)12(4)16(11(9)3)17(20)14-8-13(18)5-6-15(14)19/h5-8,17,20H,1-4H3. The van der Waals surface area contributed by atoms with Crippen LogP contribution in [-0.2, 0) is 0 Å². The van der Waals surface area contributed by atoms with Gasteiger partial charge in [-0.2, -0.15) is 0 Å². The van der Waals surface area contributed by atoms with E-state index < -0.39 is 6.10 Å². The third-order valence-electron chi connectivity index (χ3n) is 3.95. The molecule has 1 atom stereocenters. The quantitative estimate of drug-likeness (QED) is 0.682. The third-order valence-corrected chi connectivity index (χ3v) is 5.17. The number of aliphatic hydroxyl groups excluding tert-OH is 1. The highest BCUT2D eigenvalue weighted by Crippen LogP contribution is 2.34. The van der Waals surface area contributed by atoms with E-state index in [9.17, 15) is 5.11 Å². The van der Waals surface area contributed by atoms with Crippen molar-refractivity contribution in [3.63, 3.8) is 0 Å². The van der Waals surface area contributed by atoms with E-state index in [1.54, 1.807) is 0 Å². The van der Waals surface area contributed by atoms with E-state index in [0.29, 0.717) is 5.02 Å². The van der Waals surface area contributed by atoms with Gasteiger partial charge in [-0.25, -0.2) is 0 Å². The maximum Gasteiger partial charge on any atom is 0.106 e. The number of rotatable bonds is 2. The summed E-state index contributed by atoms with van der Waals surface area (Å²) in [5.41, 5.74) is 6.59. The summed E-state index contributed by atoms with van der Waals surface area (Å²) in [6.45, 7) is 8.30. The van der Waals surface area contributed by atoms with Crippen LogP contribution >= 0.6 is 34.2 Å². The molecule has 0 saturated carbocycles. The normalized spacial score (nSPS) is 12.6. The van der Waals surface area contributed by atoms with Crippen molar-refractivity contribution in [3.8, 4) is 0 Å². The molecule has 0 bridgehead atoms. The first-order valence-corrected chi connectivity index (χ1v) is 7.99. The molecule has 2 aromatic rings. The van der Waals surface area contributed by atoms with Crippen molar-refractivity contribution >= 4 is 34.2 Å². The molecule has 0 radical (unpaired) electrons. The Labute approximate surface area is 139 Å². The fourth-order valence-corrected chi connectivity index (χ4v) is 3.35. The lowest BCUT2D eigenvalue weighted by molar-refractivity contribution is 0.217. The Balaban J connectivity index is 2.65. The van der Waals surface area contributed by atoms with Gasteiger partial charge in [0, 0.05) is 8.59 Å². The minimum absolute atomic E-state index is 0.640. The molecular weight excluding hydrogens is 383 g/mol. The lowest BCUT2D eigenvalue weighted by Gasteiger charge is -2.21. The fraction of sp³-hybridized carbons (Fsp3) is 0.294. The lowest BCUT2D eigenvalue weighted by atomic mass is 9.88. The van der Waals surface area contributed by atoms with Crippen LogP contribution in [0.2, 0.25) is 5.02 Å². The molecule has 0 spiro atoms. The van der Waals surface area contributed by atoms with E-state index in [2.05, 4.69) is 56.4 Å². The zero-order valence-corrected chi connectivity index (χ0v) is 15.0. The van der Waals surface area contributed by atoms with Crippen molar-refractivity contribution in [3.05, 3.63) is 66.2 Å². The molecule has 2 aromatic carbocycles. The summed E-state index contributed by atoms with van der Waals surface area (Å²) in [7, 11) is 0. The zero-order chi connectivity index (χ0) is 15.0. The van der Waals surface area contributed by atoms with Crippen LogP contribution in [0.25, 0.3) is 0 Å². The molecule has 1 N–H and O–H groups in total. The Kier molecular flexibility index (Phi) is 4.77. The minimum Gasteiger partial charge on any atom is -0.384 e. The van der Waals surface area contributed by atoms with Crippen molar-refractivity contribution in [2.75, 3.05) is 0 Å². The maximum absolute atomic E-state index is 10.8. The van der Waals surface area contributed by atoms with E-state index in [1.165, 1.54) is 11.1 Å². The summed E-state index contributed by atoms with van der Waals surface area (Å²) in [6, 6.07) is 7.81. The van der Waals surface area contributed by atoms with E-state index >= 15 is 0 Å². The molecule has 0 fully saturated rings. The molecule has 0 saturated heterocycles. The monoisotopic (exact) mass is 400 g/mol. The van der Waals surface area contributed by atoms with Crippen molar-refractivity contribution in [1.82, 2.24) is 0 Å². The number of aliphatic hydroxyl groups is 1. The van der Waals surface area contributed by atoms with Crippen LogP contribution < -0.4 is 0 Å². The summed E-state index contributed by atoms with van der Waals surface area (Å²) in [6.07, 6.45) is -0.640. The van der Waals surface area contributed by atoms with Gasteiger partial charge >= 0.3 is 0 Å². The van der Waals surface area contributed by atoms with Gasteiger partial charge in [0.15, 0.2) is 0 Å². The topological polar surface area (TPSA) is 20.2 Å². The first-order chi connectivity index (χ1) is 9.32. The Morgan fingerprint density at radius 2 is 1.55 bits per heavy atom. The lowest BCUT2D eigenvalue weighted by Crippen LogP contribution is -2.08. The second kappa shape index (κ2) is 6.04. The number of benzene rings is 2.